The molecule has 0 aliphatic carbocycles. The normalized spacial score (nSPS) is 19.2. The molecule has 3 rings (SSSR count). The monoisotopic (exact) mass is 273 g/mol. The molecule has 5 heteroatoms. The molecule has 0 saturated carbocycles. The van der Waals surface area contributed by atoms with Crippen LogP contribution >= 0.6 is 0 Å². The SMILES string of the molecule is CCCC(N)c1noc(C2COc3ccccc3C2)n1. The lowest BCUT2D eigenvalue weighted by Crippen LogP contribution is -2.19. The summed E-state index contributed by atoms with van der Waals surface area (Å²) >= 11 is 0. The quantitative estimate of drug-likeness (QED) is 0.926. The fourth-order valence-corrected chi connectivity index (χ4v) is 2.49. The van der Waals surface area contributed by atoms with Gasteiger partial charge in [0, 0.05) is 0 Å². The molecule has 0 fully saturated rings. The summed E-state index contributed by atoms with van der Waals surface area (Å²) in [5, 5.41) is 4.00. The maximum absolute atomic E-state index is 6.01. The van der Waals surface area contributed by atoms with E-state index in [0.29, 0.717) is 18.3 Å². The summed E-state index contributed by atoms with van der Waals surface area (Å²) in [5.74, 6) is 2.29. The first-order valence-electron chi connectivity index (χ1n) is 7.07. The Morgan fingerprint density at radius 2 is 2.25 bits per heavy atom. The van der Waals surface area contributed by atoms with E-state index in [4.69, 9.17) is 15.0 Å². The van der Waals surface area contributed by atoms with Gasteiger partial charge in [-0.15, -0.1) is 0 Å². The Kier molecular flexibility index (Phi) is 3.69. The number of para-hydroxylation sites is 1. The van der Waals surface area contributed by atoms with Gasteiger partial charge in [0.1, 0.15) is 12.4 Å². The molecule has 0 spiro atoms. The van der Waals surface area contributed by atoms with Crippen LogP contribution in [0.25, 0.3) is 0 Å². The van der Waals surface area contributed by atoms with Crippen molar-refractivity contribution < 1.29 is 9.26 Å². The Balaban J connectivity index is 1.75. The lowest BCUT2D eigenvalue weighted by molar-refractivity contribution is 0.230. The zero-order valence-corrected chi connectivity index (χ0v) is 11.6. The van der Waals surface area contributed by atoms with Crippen molar-refractivity contribution in [3.8, 4) is 5.75 Å². The third-order valence-corrected chi connectivity index (χ3v) is 3.62. The number of benzene rings is 1. The first-order valence-corrected chi connectivity index (χ1v) is 7.07. The standard InChI is InChI=1S/C15H19N3O2/c1-2-5-12(16)14-17-15(20-18-14)11-8-10-6-3-4-7-13(10)19-9-11/h3-4,6-7,11-12H,2,5,8-9,16H2,1H3. The van der Waals surface area contributed by atoms with Crippen LogP contribution in [-0.2, 0) is 6.42 Å². The highest BCUT2D eigenvalue weighted by molar-refractivity contribution is 5.36. The van der Waals surface area contributed by atoms with Crippen LogP contribution in [0, 0.1) is 0 Å². The molecule has 2 aromatic rings. The van der Waals surface area contributed by atoms with Gasteiger partial charge in [0.25, 0.3) is 0 Å². The van der Waals surface area contributed by atoms with E-state index in [9.17, 15) is 0 Å². The van der Waals surface area contributed by atoms with Crippen molar-refractivity contribution in [2.24, 2.45) is 5.73 Å². The second kappa shape index (κ2) is 5.63. The predicted molar refractivity (Wildman–Crippen MR) is 74.5 cm³/mol. The number of nitrogens with zero attached hydrogens (tertiary/aromatic N) is 2. The summed E-state index contributed by atoms with van der Waals surface area (Å²) in [7, 11) is 0. The smallest absolute Gasteiger partial charge is 0.233 e. The minimum Gasteiger partial charge on any atom is -0.492 e. The summed E-state index contributed by atoms with van der Waals surface area (Å²) in [4.78, 5) is 4.44. The average molecular weight is 273 g/mol. The van der Waals surface area contributed by atoms with Crippen LogP contribution in [0.2, 0.25) is 0 Å². The summed E-state index contributed by atoms with van der Waals surface area (Å²) in [6.07, 6.45) is 2.73. The predicted octanol–water partition coefficient (Wildman–Crippen LogP) is 2.59. The van der Waals surface area contributed by atoms with E-state index in [-0.39, 0.29) is 12.0 Å². The molecule has 1 aliphatic heterocycles. The van der Waals surface area contributed by atoms with E-state index >= 15 is 0 Å². The molecule has 0 bridgehead atoms. The second-order valence-corrected chi connectivity index (χ2v) is 5.21. The van der Waals surface area contributed by atoms with Crippen LogP contribution < -0.4 is 10.5 Å². The molecule has 2 N–H and O–H groups in total. The van der Waals surface area contributed by atoms with E-state index in [1.54, 1.807) is 0 Å². The molecule has 5 nitrogen and oxygen atoms in total. The highest BCUT2D eigenvalue weighted by Gasteiger charge is 2.26. The van der Waals surface area contributed by atoms with E-state index in [0.717, 1.165) is 25.0 Å². The van der Waals surface area contributed by atoms with Crippen LogP contribution in [-0.4, -0.2) is 16.7 Å². The number of rotatable bonds is 4. The Hall–Kier alpha value is -1.88. The van der Waals surface area contributed by atoms with Gasteiger partial charge in [-0.25, -0.2) is 0 Å². The van der Waals surface area contributed by atoms with Crippen molar-refractivity contribution in [3.63, 3.8) is 0 Å². The summed E-state index contributed by atoms with van der Waals surface area (Å²) in [6.45, 7) is 2.66. The van der Waals surface area contributed by atoms with Gasteiger partial charge in [-0.3, -0.25) is 0 Å². The number of nitrogens with two attached hydrogens (primary N) is 1. The van der Waals surface area contributed by atoms with Crippen molar-refractivity contribution in [3.05, 3.63) is 41.5 Å². The van der Waals surface area contributed by atoms with Gasteiger partial charge in [0.05, 0.1) is 12.0 Å². The Labute approximate surface area is 118 Å². The highest BCUT2D eigenvalue weighted by atomic mass is 16.5. The molecule has 106 valence electrons. The molecule has 1 aromatic heterocycles. The van der Waals surface area contributed by atoms with Crippen molar-refractivity contribution in [2.45, 2.75) is 38.1 Å². The van der Waals surface area contributed by atoms with Crippen molar-refractivity contribution in [1.82, 2.24) is 10.1 Å². The second-order valence-electron chi connectivity index (χ2n) is 5.21. The van der Waals surface area contributed by atoms with Gasteiger partial charge in [-0.2, -0.15) is 4.98 Å². The number of aromatic nitrogens is 2. The van der Waals surface area contributed by atoms with Crippen LogP contribution in [0.3, 0.4) is 0 Å². The third-order valence-electron chi connectivity index (χ3n) is 3.62. The lowest BCUT2D eigenvalue weighted by Gasteiger charge is -2.22. The number of hydrogen-bond acceptors (Lipinski definition) is 5. The molecular formula is C15H19N3O2. The van der Waals surface area contributed by atoms with Crippen molar-refractivity contribution in [2.75, 3.05) is 6.61 Å². The minimum atomic E-state index is -0.144. The van der Waals surface area contributed by atoms with Crippen LogP contribution in [0.4, 0.5) is 0 Å². The molecule has 2 unspecified atom stereocenters. The Morgan fingerprint density at radius 3 is 3.10 bits per heavy atom. The molecular weight excluding hydrogens is 254 g/mol. The maximum Gasteiger partial charge on any atom is 0.233 e. The summed E-state index contributed by atoms with van der Waals surface area (Å²) in [6, 6.07) is 7.91. The molecule has 1 aliphatic rings. The van der Waals surface area contributed by atoms with Crippen LogP contribution in [0.15, 0.2) is 28.8 Å². The number of fused-ring (bicyclic) bond motifs is 1. The zero-order valence-electron chi connectivity index (χ0n) is 11.6. The molecule has 0 amide bonds. The summed E-state index contributed by atoms with van der Waals surface area (Å²) < 4.78 is 11.1. The maximum atomic E-state index is 6.01. The summed E-state index contributed by atoms with van der Waals surface area (Å²) in [5.41, 5.74) is 7.19. The van der Waals surface area contributed by atoms with Crippen molar-refractivity contribution >= 4 is 0 Å². The largest absolute Gasteiger partial charge is 0.492 e. The van der Waals surface area contributed by atoms with Crippen LogP contribution in [0.1, 0.15) is 49.0 Å². The third kappa shape index (κ3) is 2.54. The fraction of sp³-hybridized carbons (Fsp3) is 0.467. The van der Waals surface area contributed by atoms with Gasteiger partial charge in [-0.05, 0) is 24.5 Å². The van der Waals surface area contributed by atoms with E-state index in [1.165, 1.54) is 5.56 Å². The molecule has 0 radical (unpaired) electrons. The lowest BCUT2D eigenvalue weighted by atomic mass is 9.97. The highest BCUT2D eigenvalue weighted by Crippen LogP contribution is 2.31. The molecule has 0 saturated heterocycles. The first kappa shape index (κ1) is 13.1. The van der Waals surface area contributed by atoms with E-state index in [1.807, 2.05) is 18.2 Å². The average Bonchev–Trinajstić information content (AvgIpc) is 2.97. The molecule has 20 heavy (non-hydrogen) atoms. The molecule has 2 atom stereocenters. The van der Waals surface area contributed by atoms with Crippen LogP contribution in [0.5, 0.6) is 5.75 Å². The minimum absolute atomic E-state index is 0.111. The van der Waals surface area contributed by atoms with Gasteiger partial charge in [0.15, 0.2) is 5.82 Å². The zero-order chi connectivity index (χ0) is 13.9. The van der Waals surface area contributed by atoms with Crippen molar-refractivity contribution in [1.29, 1.82) is 0 Å². The van der Waals surface area contributed by atoms with E-state index < -0.39 is 0 Å². The first-order chi connectivity index (χ1) is 9.78. The molecule has 2 heterocycles. The Morgan fingerprint density at radius 1 is 1.40 bits per heavy atom. The number of ether oxygens (including phenoxy) is 1. The van der Waals surface area contributed by atoms with E-state index in [2.05, 4.69) is 23.1 Å². The topological polar surface area (TPSA) is 74.2 Å². The Bertz CT molecular complexity index is 582. The fourth-order valence-electron chi connectivity index (χ4n) is 2.49. The van der Waals surface area contributed by atoms with Gasteiger partial charge >= 0.3 is 0 Å². The number of hydrogen-bond donors (Lipinski definition) is 1. The van der Waals surface area contributed by atoms with Gasteiger partial charge in [-0.1, -0.05) is 36.7 Å². The van der Waals surface area contributed by atoms with Gasteiger partial charge < -0.3 is 15.0 Å². The van der Waals surface area contributed by atoms with Gasteiger partial charge in [0.2, 0.25) is 5.89 Å². The molecule has 1 aromatic carbocycles.